The Labute approximate surface area is 230 Å². The third-order valence-electron chi connectivity index (χ3n) is 11.5. The number of aryl methyl sites for hydroxylation is 1. The zero-order valence-electron chi connectivity index (χ0n) is 24.0. The van der Waals surface area contributed by atoms with Crippen LogP contribution in [-0.4, -0.2) is 5.25 Å². The summed E-state index contributed by atoms with van der Waals surface area (Å²) in [5, 5.41) is 2.14. The monoisotopic (exact) mass is 526 g/mol. The summed E-state index contributed by atoms with van der Waals surface area (Å²) < 4.78 is 2.26. The largest absolute Gasteiger partial charge is 0.250 e. The molecule has 5 rings (SSSR count). The molecule has 0 amide bonds. The van der Waals surface area contributed by atoms with E-state index in [0.717, 1.165) is 40.8 Å². The first-order valence-corrected chi connectivity index (χ1v) is 17.4. The topological polar surface area (TPSA) is 3.88 Å². The van der Waals surface area contributed by atoms with Crippen LogP contribution < -0.4 is 4.57 Å². The highest BCUT2D eigenvalue weighted by Gasteiger charge is 2.59. The van der Waals surface area contributed by atoms with E-state index in [0.29, 0.717) is 10.8 Å². The van der Waals surface area contributed by atoms with Crippen molar-refractivity contribution in [2.45, 2.75) is 116 Å². The van der Waals surface area contributed by atoms with Gasteiger partial charge in [0.1, 0.15) is 7.05 Å². The molecule has 36 heavy (non-hydrogen) atoms. The quantitative estimate of drug-likeness (QED) is 0.188. The molecule has 3 fully saturated rings. The van der Waals surface area contributed by atoms with Crippen LogP contribution >= 0.6 is 21.6 Å². The zero-order chi connectivity index (χ0) is 25.5. The third-order valence-corrected chi connectivity index (χ3v) is 14.5. The van der Waals surface area contributed by atoms with E-state index in [1.807, 2.05) is 16.4 Å². The van der Waals surface area contributed by atoms with E-state index in [-0.39, 0.29) is 0 Å². The minimum Gasteiger partial charge on any atom is -0.195 e. The van der Waals surface area contributed by atoms with Gasteiger partial charge in [-0.25, -0.2) is 0 Å². The molecule has 1 heterocycles. The molecule has 0 aromatic carbocycles. The first-order chi connectivity index (χ1) is 17.2. The lowest BCUT2D eigenvalue weighted by atomic mass is 9.47. The zero-order valence-corrected chi connectivity index (χ0v) is 25.6. The summed E-state index contributed by atoms with van der Waals surface area (Å²) >= 11 is 0. The van der Waals surface area contributed by atoms with Crippen molar-refractivity contribution in [2.75, 3.05) is 0 Å². The van der Waals surface area contributed by atoms with Gasteiger partial charge >= 0.3 is 0 Å². The summed E-state index contributed by atoms with van der Waals surface area (Å²) in [7, 11) is 6.29. The van der Waals surface area contributed by atoms with E-state index in [2.05, 4.69) is 87.5 Å². The summed E-state index contributed by atoms with van der Waals surface area (Å²) in [5.74, 6) is 5.61. The number of rotatable bonds is 8. The smallest absolute Gasteiger partial charge is 0.195 e. The molecule has 1 aromatic rings. The van der Waals surface area contributed by atoms with Crippen molar-refractivity contribution in [2.24, 2.45) is 53.4 Å². The van der Waals surface area contributed by atoms with Crippen LogP contribution in [0.2, 0.25) is 0 Å². The van der Waals surface area contributed by atoms with Gasteiger partial charge in [-0.2, -0.15) is 4.57 Å². The average Bonchev–Trinajstić information content (AvgIpc) is 3.20. The maximum absolute atomic E-state index is 2.77. The van der Waals surface area contributed by atoms with Crippen molar-refractivity contribution < 1.29 is 4.57 Å². The molecule has 0 aliphatic heterocycles. The normalized spacial score (nSPS) is 38.8. The molecule has 0 saturated heterocycles. The first kappa shape index (κ1) is 27.2. The molecule has 1 aromatic heterocycles. The average molecular weight is 527 g/mol. The lowest BCUT2D eigenvalue weighted by molar-refractivity contribution is -0.708. The van der Waals surface area contributed by atoms with Crippen molar-refractivity contribution in [3.8, 4) is 0 Å². The van der Waals surface area contributed by atoms with E-state index in [1.165, 1.54) is 75.7 Å². The third kappa shape index (κ3) is 5.11. The molecule has 3 heteroatoms. The molecule has 200 valence electrons. The van der Waals surface area contributed by atoms with Gasteiger partial charge in [0.25, 0.3) is 0 Å². The number of aromatic nitrogens is 1. The molecule has 4 aliphatic carbocycles. The Kier molecular flexibility index (Phi) is 8.29. The van der Waals surface area contributed by atoms with Crippen LogP contribution in [0, 0.1) is 46.3 Å². The van der Waals surface area contributed by atoms with Gasteiger partial charge in [0.05, 0.1) is 0 Å². The van der Waals surface area contributed by atoms with Crippen LogP contribution in [0.3, 0.4) is 0 Å². The molecular weight excluding hydrogens is 475 g/mol. The maximum Gasteiger partial charge on any atom is 0.250 e. The molecule has 1 unspecified atom stereocenters. The van der Waals surface area contributed by atoms with Crippen molar-refractivity contribution >= 4 is 21.6 Å². The van der Waals surface area contributed by atoms with Gasteiger partial charge < -0.3 is 0 Å². The Bertz CT molecular complexity index is 939. The van der Waals surface area contributed by atoms with Crippen LogP contribution in [0.25, 0.3) is 0 Å². The fraction of sp³-hybridized carbons (Fsp3) is 0.788. The van der Waals surface area contributed by atoms with Gasteiger partial charge in [0.15, 0.2) is 6.20 Å². The molecule has 0 bridgehead atoms. The minimum absolute atomic E-state index is 0.477. The molecule has 0 radical (unpaired) electrons. The number of nitrogens with zero attached hydrogens (tertiary/aromatic N) is 1. The van der Waals surface area contributed by atoms with E-state index in [9.17, 15) is 0 Å². The lowest BCUT2D eigenvalue weighted by Gasteiger charge is -2.58. The van der Waals surface area contributed by atoms with Crippen molar-refractivity contribution in [1.82, 2.24) is 0 Å². The molecule has 8 atom stereocenters. The fourth-order valence-electron chi connectivity index (χ4n) is 9.45. The Morgan fingerprint density at radius 1 is 1.00 bits per heavy atom. The molecule has 4 aliphatic rings. The van der Waals surface area contributed by atoms with E-state index in [1.54, 1.807) is 0 Å². The second-order valence-electron chi connectivity index (χ2n) is 14.0. The number of allylic oxidation sites excluding steroid dienone is 2. The van der Waals surface area contributed by atoms with Crippen LogP contribution in [-0.2, 0) is 7.05 Å². The van der Waals surface area contributed by atoms with Gasteiger partial charge in [-0.1, -0.05) is 76.3 Å². The van der Waals surface area contributed by atoms with Crippen LogP contribution in [0.1, 0.15) is 105 Å². The SMILES string of the molecule is CC(C)CCCC(C)[C@H]1CC[C@H]2[C@@H]3CC=C4C[C@@H](SSc5cccc[n+]5C)CC[C@]4(C)[C@H]3CC[C@]12C. The van der Waals surface area contributed by atoms with Crippen molar-refractivity contribution in [3.63, 3.8) is 0 Å². The van der Waals surface area contributed by atoms with Gasteiger partial charge in [-0.05, 0) is 104 Å². The summed E-state index contributed by atoms with van der Waals surface area (Å²) in [6.45, 7) is 12.8. The highest BCUT2D eigenvalue weighted by Crippen LogP contribution is 2.67. The van der Waals surface area contributed by atoms with E-state index in [4.69, 9.17) is 0 Å². The number of hydrogen-bond acceptors (Lipinski definition) is 2. The number of pyridine rings is 1. The van der Waals surface area contributed by atoms with Crippen LogP contribution in [0.15, 0.2) is 41.1 Å². The van der Waals surface area contributed by atoms with Gasteiger partial charge in [-0.15, -0.1) is 0 Å². The predicted octanol–water partition coefficient (Wildman–Crippen LogP) is 9.66. The Hall–Kier alpha value is -0.410. The Morgan fingerprint density at radius 3 is 2.61 bits per heavy atom. The molecule has 3 saturated carbocycles. The van der Waals surface area contributed by atoms with E-state index >= 15 is 0 Å². The highest BCUT2D eigenvalue weighted by molar-refractivity contribution is 8.76. The standard InChI is InChI=1S/C33H52NS2/c1-23(2)10-9-11-24(3)28-15-16-29-27-14-13-25-22-26(35-36-31-12-7-8-21-34(31)6)17-19-32(25,4)30(27)18-20-33(28,29)5/h7-8,12-13,21,23-24,26-30H,9-11,14-20,22H2,1-6H3/q+1/t24?,26-,27-,28+,29-,30-,32-,33+/m0/s1. The summed E-state index contributed by atoms with van der Waals surface area (Å²) in [6, 6.07) is 6.55. The fourth-order valence-corrected chi connectivity index (χ4v) is 12.2. The van der Waals surface area contributed by atoms with Gasteiger partial charge in [0.2, 0.25) is 5.03 Å². The maximum atomic E-state index is 2.77. The predicted molar refractivity (Wildman–Crippen MR) is 158 cm³/mol. The molecular formula is C33H52NS2+. The molecule has 1 nitrogen and oxygen atoms in total. The van der Waals surface area contributed by atoms with Gasteiger partial charge in [0, 0.05) is 28.2 Å². The van der Waals surface area contributed by atoms with Crippen LogP contribution in [0.5, 0.6) is 0 Å². The number of hydrogen-bond donors (Lipinski definition) is 0. The molecule has 0 spiro atoms. The second kappa shape index (κ2) is 11.0. The molecule has 0 N–H and O–H groups in total. The highest BCUT2D eigenvalue weighted by atomic mass is 33.1. The first-order valence-electron chi connectivity index (χ1n) is 15.2. The van der Waals surface area contributed by atoms with Crippen molar-refractivity contribution in [3.05, 3.63) is 36.0 Å². The summed E-state index contributed by atoms with van der Waals surface area (Å²) in [6.07, 6.45) is 20.8. The summed E-state index contributed by atoms with van der Waals surface area (Å²) in [5.41, 5.74) is 2.92. The number of fused-ring (bicyclic) bond motifs is 5. The summed E-state index contributed by atoms with van der Waals surface area (Å²) in [4.78, 5) is 0. The van der Waals surface area contributed by atoms with Crippen LogP contribution in [0.4, 0.5) is 0 Å². The van der Waals surface area contributed by atoms with Crippen molar-refractivity contribution in [1.29, 1.82) is 0 Å². The van der Waals surface area contributed by atoms with Gasteiger partial charge in [-0.3, -0.25) is 0 Å². The Morgan fingerprint density at radius 2 is 1.83 bits per heavy atom. The Balaban J connectivity index is 1.24. The second-order valence-corrected chi connectivity index (χ2v) is 16.5. The minimum atomic E-state index is 0.477. The van der Waals surface area contributed by atoms with E-state index < -0.39 is 0 Å². The lowest BCUT2D eigenvalue weighted by Crippen LogP contribution is -2.50.